The van der Waals surface area contributed by atoms with Crippen LogP contribution in [0.15, 0.2) is 84.0 Å². The molecule has 0 radical (unpaired) electrons. The van der Waals surface area contributed by atoms with Crippen molar-refractivity contribution in [3.63, 3.8) is 0 Å². The second-order valence-electron chi connectivity index (χ2n) is 15.1. The van der Waals surface area contributed by atoms with Gasteiger partial charge in [-0.3, -0.25) is 9.59 Å². The normalized spacial score (nSPS) is 16.3. The molecule has 0 bridgehead atoms. The van der Waals surface area contributed by atoms with Gasteiger partial charge in [-0.2, -0.15) is 0 Å². The Morgan fingerprint density at radius 3 is 2.14 bits per heavy atom. The number of H-pyrrole nitrogens is 1. The number of hydrogen-bond donors (Lipinski definition) is 3. The first kappa shape index (κ1) is 42.1. The van der Waals surface area contributed by atoms with Gasteiger partial charge in [-0.25, -0.2) is 9.78 Å². The number of unbranched alkanes of at least 4 members (excludes halogenated alkanes) is 9. The summed E-state index contributed by atoms with van der Waals surface area (Å²) in [6, 6.07) is 23.3. The molecule has 0 aliphatic carbocycles. The number of nitrogens with one attached hydrogen (secondary N) is 3. The molecular weight excluding hydrogens is 731 g/mol. The van der Waals surface area contributed by atoms with Gasteiger partial charge >= 0.3 is 5.97 Å². The molecule has 11 heteroatoms. The summed E-state index contributed by atoms with van der Waals surface area (Å²) in [4.78, 5) is 51.3. The van der Waals surface area contributed by atoms with E-state index in [1.165, 1.54) is 58.5 Å². The maximum absolute atomic E-state index is 13.0. The molecule has 1 aromatic heterocycles. The van der Waals surface area contributed by atoms with Crippen LogP contribution < -0.4 is 10.6 Å². The molecule has 0 spiro atoms. The minimum absolute atomic E-state index is 0.0759. The van der Waals surface area contributed by atoms with Crippen LogP contribution in [0.1, 0.15) is 112 Å². The van der Waals surface area contributed by atoms with Crippen LogP contribution in [0.25, 0.3) is 40.0 Å². The standard InChI is InChI=1S/C47H57N5O6/c1-3-4-5-6-7-8-9-10-11-12-29-48-46(54)38-26-24-37(25-27-38)45-50-43(35-18-15-33(16-19-35)17-28-42(53)49-32-39-14-13-30-57-39)44(51-45)36-22-20-34(21-23-36)40-31-41(58-52-40)47(55)56-2/h15-28,39,41H,3-14,29-32H2,1-2H3,(H,48,54)(H,49,53)(H,50,51)/b28-17+. The molecular formula is C47H57N5O6. The van der Waals surface area contributed by atoms with Crippen molar-refractivity contribution < 1.29 is 28.7 Å². The first-order valence-electron chi connectivity index (χ1n) is 21.0. The molecule has 306 valence electrons. The van der Waals surface area contributed by atoms with Crippen LogP contribution in [-0.2, 0) is 23.9 Å². The van der Waals surface area contributed by atoms with Crippen LogP contribution in [0, 0.1) is 0 Å². The van der Waals surface area contributed by atoms with Gasteiger partial charge in [0.1, 0.15) is 5.82 Å². The number of imidazole rings is 1. The Hall–Kier alpha value is -5.55. The van der Waals surface area contributed by atoms with E-state index >= 15 is 0 Å². The van der Waals surface area contributed by atoms with Crippen LogP contribution in [0.5, 0.6) is 0 Å². The van der Waals surface area contributed by atoms with Crippen molar-refractivity contribution in [1.82, 2.24) is 20.6 Å². The van der Waals surface area contributed by atoms with Crippen LogP contribution in [0.3, 0.4) is 0 Å². The fraction of sp³-hybridized carbons (Fsp3) is 0.426. The predicted molar refractivity (Wildman–Crippen MR) is 228 cm³/mol. The van der Waals surface area contributed by atoms with E-state index in [9.17, 15) is 14.4 Å². The van der Waals surface area contributed by atoms with Gasteiger partial charge in [0.2, 0.25) is 12.0 Å². The zero-order valence-electron chi connectivity index (χ0n) is 33.9. The zero-order chi connectivity index (χ0) is 40.5. The molecule has 2 amide bonds. The summed E-state index contributed by atoms with van der Waals surface area (Å²) in [5.41, 5.74) is 7.19. The largest absolute Gasteiger partial charge is 0.466 e. The number of carbonyl (C=O) groups is 3. The molecule has 3 aromatic carbocycles. The smallest absolute Gasteiger partial charge is 0.350 e. The maximum atomic E-state index is 13.0. The predicted octanol–water partition coefficient (Wildman–Crippen LogP) is 9.04. The first-order valence-corrected chi connectivity index (χ1v) is 21.0. The van der Waals surface area contributed by atoms with E-state index in [2.05, 4.69) is 27.7 Å². The molecule has 1 fully saturated rings. The summed E-state index contributed by atoms with van der Waals surface area (Å²) in [7, 11) is 1.33. The highest BCUT2D eigenvalue weighted by Crippen LogP contribution is 2.34. The van der Waals surface area contributed by atoms with E-state index in [-0.39, 0.29) is 17.9 Å². The van der Waals surface area contributed by atoms with Crippen molar-refractivity contribution in [1.29, 1.82) is 0 Å². The molecule has 2 aliphatic rings. The molecule has 3 heterocycles. The third-order valence-electron chi connectivity index (χ3n) is 10.7. The van der Waals surface area contributed by atoms with E-state index < -0.39 is 12.1 Å². The molecule has 2 unspecified atom stereocenters. The summed E-state index contributed by atoms with van der Waals surface area (Å²) < 4.78 is 10.4. The molecule has 3 N–H and O–H groups in total. The Bertz CT molecular complexity index is 2000. The molecule has 11 nitrogen and oxygen atoms in total. The molecule has 2 atom stereocenters. The number of hydrogen-bond acceptors (Lipinski definition) is 8. The number of aromatic amines is 1. The van der Waals surface area contributed by atoms with Gasteiger partial charge in [0.05, 0.1) is 30.3 Å². The number of aromatic nitrogens is 2. The minimum atomic E-state index is -0.749. The monoisotopic (exact) mass is 787 g/mol. The van der Waals surface area contributed by atoms with Crippen LogP contribution >= 0.6 is 0 Å². The molecule has 2 aliphatic heterocycles. The van der Waals surface area contributed by atoms with Crippen molar-refractivity contribution in [2.45, 2.75) is 103 Å². The van der Waals surface area contributed by atoms with Gasteiger partial charge < -0.3 is 29.9 Å². The van der Waals surface area contributed by atoms with Crippen LogP contribution in [0.2, 0.25) is 0 Å². The number of carbonyl (C=O) groups excluding carboxylic acids is 3. The molecule has 4 aromatic rings. The number of oxime groups is 1. The van der Waals surface area contributed by atoms with Crippen molar-refractivity contribution in [3.05, 3.63) is 95.6 Å². The Balaban J connectivity index is 1.12. The van der Waals surface area contributed by atoms with Gasteiger partial charge in [-0.1, -0.05) is 131 Å². The van der Waals surface area contributed by atoms with Crippen LogP contribution in [-0.4, -0.2) is 72.5 Å². The average Bonchev–Trinajstić information content (AvgIpc) is 4.07. The number of benzene rings is 3. The Morgan fingerprint density at radius 2 is 1.47 bits per heavy atom. The van der Waals surface area contributed by atoms with Crippen LogP contribution in [0.4, 0.5) is 0 Å². The van der Waals surface area contributed by atoms with E-state index in [0.717, 1.165) is 71.5 Å². The highest BCUT2D eigenvalue weighted by atomic mass is 16.7. The maximum Gasteiger partial charge on any atom is 0.350 e. The van der Waals surface area contributed by atoms with Crippen molar-refractivity contribution in [2.75, 3.05) is 26.8 Å². The third-order valence-corrected chi connectivity index (χ3v) is 10.7. The lowest BCUT2D eigenvalue weighted by molar-refractivity contribution is -0.152. The molecule has 1 saturated heterocycles. The summed E-state index contributed by atoms with van der Waals surface area (Å²) in [5.74, 6) is -0.0286. The summed E-state index contributed by atoms with van der Waals surface area (Å²) >= 11 is 0. The first-order chi connectivity index (χ1) is 28.4. The van der Waals surface area contributed by atoms with E-state index in [4.69, 9.17) is 19.3 Å². The lowest BCUT2D eigenvalue weighted by Gasteiger charge is -2.08. The molecule has 0 saturated carbocycles. The molecule has 58 heavy (non-hydrogen) atoms. The second kappa shape index (κ2) is 21.8. The SMILES string of the molecule is CCCCCCCCCCCCNC(=O)c1ccc(-c2nc(-c3ccc(C4=NOC(C(=O)OC)C4)cc3)c(-c3ccc(/C=C/C(=O)NCC4CCCO4)cc3)[nH]2)cc1. The van der Waals surface area contributed by atoms with E-state index in [1.54, 1.807) is 12.2 Å². The number of rotatable bonds is 21. The highest BCUT2D eigenvalue weighted by molar-refractivity contribution is 6.04. The Labute approximate surface area is 342 Å². The Kier molecular flexibility index (Phi) is 15.8. The number of amides is 2. The minimum Gasteiger partial charge on any atom is -0.466 e. The van der Waals surface area contributed by atoms with Gasteiger partial charge in [0, 0.05) is 54.4 Å². The fourth-order valence-corrected chi connectivity index (χ4v) is 7.26. The molecule has 6 rings (SSSR count). The highest BCUT2D eigenvalue weighted by Gasteiger charge is 2.29. The van der Waals surface area contributed by atoms with Gasteiger partial charge in [0.25, 0.3) is 5.91 Å². The van der Waals surface area contributed by atoms with Gasteiger partial charge in [-0.15, -0.1) is 0 Å². The number of nitrogens with zero attached hydrogens (tertiary/aromatic N) is 2. The lowest BCUT2D eigenvalue weighted by Crippen LogP contribution is -2.30. The lowest BCUT2D eigenvalue weighted by atomic mass is 10.00. The fourth-order valence-electron chi connectivity index (χ4n) is 7.26. The quantitative estimate of drug-likeness (QED) is 0.0434. The number of ether oxygens (including phenoxy) is 2. The summed E-state index contributed by atoms with van der Waals surface area (Å²) in [5, 5.41) is 10.1. The van der Waals surface area contributed by atoms with Crippen molar-refractivity contribution >= 4 is 29.6 Å². The van der Waals surface area contributed by atoms with E-state index in [0.29, 0.717) is 36.6 Å². The van der Waals surface area contributed by atoms with E-state index in [1.807, 2.05) is 72.8 Å². The third kappa shape index (κ3) is 12.0. The topological polar surface area (TPSA) is 144 Å². The number of esters is 1. The Morgan fingerprint density at radius 1 is 0.810 bits per heavy atom. The van der Waals surface area contributed by atoms with Gasteiger partial charge in [0.15, 0.2) is 0 Å². The average molecular weight is 788 g/mol. The van der Waals surface area contributed by atoms with Crippen molar-refractivity contribution in [2.24, 2.45) is 5.16 Å². The summed E-state index contributed by atoms with van der Waals surface area (Å²) in [6.07, 6.45) is 17.6. The zero-order valence-corrected chi connectivity index (χ0v) is 33.9. The summed E-state index contributed by atoms with van der Waals surface area (Å²) in [6.45, 7) is 4.19. The van der Waals surface area contributed by atoms with Gasteiger partial charge in [-0.05, 0) is 48.6 Å². The second-order valence-corrected chi connectivity index (χ2v) is 15.1. The number of methoxy groups -OCH3 is 1. The van der Waals surface area contributed by atoms with Crippen molar-refractivity contribution in [3.8, 4) is 33.9 Å².